The summed E-state index contributed by atoms with van der Waals surface area (Å²) in [6.45, 7) is 2.29. The Morgan fingerprint density at radius 2 is 2.06 bits per heavy atom. The van der Waals surface area contributed by atoms with Crippen LogP contribution in [-0.4, -0.2) is 59.2 Å². The predicted octanol–water partition coefficient (Wildman–Crippen LogP) is 3.31. The lowest BCUT2D eigenvalue weighted by molar-refractivity contribution is -0.268. The van der Waals surface area contributed by atoms with Crippen LogP contribution < -0.4 is 4.74 Å². The summed E-state index contributed by atoms with van der Waals surface area (Å²) in [4.78, 5) is 2.79. The van der Waals surface area contributed by atoms with Crippen molar-refractivity contribution < 1.29 is 19.7 Å². The number of aliphatic hydroxyl groups is 1. The molecule has 9 rings (SSSR count). The minimum Gasteiger partial charge on any atom is -0.504 e. The van der Waals surface area contributed by atoms with Gasteiger partial charge in [0.25, 0.3) is 0 Å². The molecule has 0 amide bonds. The van der Waals surface area contributed by atoms with Crippen LogP contribution in [0.3, 0.4) is 0 Å². The number of nitrogens with zero attached hydrogens (tertiary/aromatic N) is 1. The first-order valence-corrected chi connectivity index (χ1v) is 12.7. The van der Waals surface area contributed by atoms with Gasteiger partial charge in [0.05, 0.1) is 11.5 Å². The fraction of sp³-hybridized carbons (Fsp3) is 0.704. The third-order valence-corrected chi connectivity index (χ3v) is 11.1. The number of ether oxygens (including phenoxy) is 2. The van der Waals surface area contributed by atoms with Crippen molar-refractivity contribution in [3.05, 3.63) is 35.4 Å². The number of phenolic OH excluding ortho intramolecular Hbond substituents is 1. The van der Waals surface area contributed by atoms with E-state index < -0.39 is 5.60 Å². The normalized spacial score (nSPS) is 49.5. The van der Waals surface area contributed by atoms with Crippen molar-refractivity contribution in [1.29, 1.82) is 0 Å². The van der Waals surface area contributed by atoms with Crippen molar-refractivity contribution in [2.75, 3.05) is 20.2 Å². The fourth-order valence-electron chi connectivity index (χ4n) is 9.76. The average Bonchev–Trinajstić information content (AvgIpc) is 3.43. The van der Waals surface area contributed by atoms with Gasteiger partial charge in [-0.25, -0.2) is 0 Å². The summed E-state index contributed by atoms with van der Waals surface area (Å²) in [6, 6.07) is 4.39. The van der Waals surface area contributed by atoms with Crippen molar-refractivity contribution >= 4 is 0 Å². The molecular formula is C27H33NO4. The molecule has 5 nitrogen and oxygen atoms in total. The second-order valence-electron chi connectivity index (χ2n) is 11.9. The third kappa shape index (κ3) is 1.72. The molecule has 5 heteroatoms. The molecule has 1 saturated heterocycles. The van der Waals surface area contributed by atoms with Gasteiger partial charge in [-0.2, -0.15) is 0 Å². The topological polar surface area (TPSA) is 62.2 Å². The molecule has 1 aromatic rings. The smallest absolute Gasteiger partial charge is 0.165 e. The zero-order valence-electron chi connectivity index (χ0n) is 18.8. The first kappa shape index (κ1) is 18.8. The van der Waals surface area contributed by atoms with E-state index in [1.807, 2.05) is 13.2 Å². The highest BCUT2D eigenvalue weighted by Crippen LogP contribution is 2.78. The Bertz CT molecular complexity index is 1070. The maximum Gasteiger partial charge on any atom is 0.165 e. The number of piperidine rings is 1. The molecule has 1 unspecified atom stereocenters. The van der Waals surface area contributed by atoms with E-state index in [1.54, 1.807) is 0 Å². The molecule has 0 radical (unpaired) electrons. The number of aliphatic hydroxyl groups excluding tert-OH is 1. The minimum atomic E-state index is -0.659. The van der Waals surface area contributed by atoms with Gasteiger partial charge in [-0.3, -0.25) is 4.90 Å². The number of hydrogen-bond donors (Lipinski definition) is 2. The lowest BCUT2D eigenvalue weighted by atomic mass is 9.33. The van der Waals surface area contributed by atoms with E-state index in [-0.39, 0.29) is 34.2 Å². The Kier molecular flexibility index (Phi) is 3.27. The van der Waals surface area contributed by atoms with Crippen LogP contribution in [0.5, 0.6) is 11.5 Å². The summed E-state index contributed by atoms with van der Waals surface area (Å²) in [5, 5.41) is 22.4. The van der Waals surface area contributed by atoms with Crippen LogP contribution in [0.2, 0.25) is 0 Å². The van der Waals surface area contributed by atoms with Gasteiger partial charge in [-0.15, -0.1) is 0 Å². The maximum absolute atomic E-state index is 11.5. The highest BCUT2D eigenvalue weighted by atomic mass is 16.6. The summed E-state index contributed by atoms with van der Waals surface area (Å²) in [7, 11) is 1.81. The quantitative estimate of drug-likeness (QED) is 0.714. The van der Waals surface area contributed by atoms with E-state index in [9.17, 15) is 10.2 Å². The molecule has 6 aliphatic carbocycles. The Labute approximate surface area is 189 Å². The van der Waals surface area contributed by atoms with E-state index >= 15 is 0 Å². The maximum atomic E-state index is 11.5. The molecule has 2 aliphatic heterocycles. The summed E-state index contributed by atoms with van der Waals surface area (Å²) >= 11 is 0. The second kappa shape index (κ2) is 5.56. The van der Waals surface area contributed by atoms with Gasteiger partial charge in [0, 0.05) is 36.1 Å². The van der Waals surface area contributed by atoms with Crippen LogP contribution in [0.25, 0.3) is 0 Å². The molecule has 4 bridgehead atoms. The molecule has 7 atom stereocenters. The zero-order chi connectivity index (χ0) is 21.5. The summed E-state index contributed by atoms with van der Waals surface area (Å²) in [6.07, 6.45) is 12.8. The first-order valence-electron chi connectivity index (χ1n) is 12.7. The molecule has 3 saturated carbocycles. The van der Waals surface area contributed by atoms with Crippen LogP contribution in [0.1, 0.15) is 56.1 Å². The Morgan fingerprint density at radius 3 is 2.81 bits per heavy atom. The van der Waals surface area contributed by atoms with Crippen LogP contribution in [0.4, 0.5) is 0 Å². The third-order valence-electron chi connectivity index (χ3n) is 11.1. The largest absolute Gasteiger partial charge is 0.504 e. The van der Waals surface area contributed by atoms with Crippen molar-refractivity contribution in [2.24, 2.45) is 16.7 Å². The second-order valence-corrected chi connectivity index (χ2v) is 11.9. The van der Waals surface area contributed by atoms with Gasteiger partial charge in [0.15, 0.2) is 11.5 Å². The molecule has 2 N–H and O–H groups in total. The van der Waals surface area contributed by atoms with Crippen molar-refractivity contribution in [2.45, 2.75) is 80.6 Å². The first-order chi connectivity index (χ1) is 15.5. The molecular weight excluding hydrogens is 402 g/mol. The molecule has 170 valence electrons. The van der Waals surface area contributed by atoms with Crippen molar-refractivity contribution in [3.8, 4) is 11.5 Å². The lowest BCUT2D eigenvalue weighted by Crippen LogP contribution is -2.82. The number of phenols is 1. The van der Waals surface area contributed by atoms with Gasteiger partial charge >= 0.3 is 0 Å². The van der Waals surface area contributed by atoms with Crippen LogP contribution >= 0.6 is 0 Å². The number of methoxy groups -OCH3 is 1. The monoisotopic (exact) mass is 435 g/mol. The SMILES string of the molecule is CO[C@]12C=C[C@@]3(CC14CCC[C@@H]4O)[C@H]1Cc4ccc(O)c5c4[C@@]3(CCN1CC1CC1)[C@H]2O5. The van der Waals surface area contributed by atoms with Crippen LogP contribution in [0.15, 0.2) is 24.3 Å². The molecule has 32 heavy (non-hydrogen) atoms. The molecule has 0 aromatic heterocycles. The highest BCUT2D eigenvalue weighted by Gasteiger charge is 2.83. The fourth-order valence-corrected chi connectivity index (χ4v) is 9.76. The molecule has 1 aromatic carbocycles. The van der Waals surface area contributed by atoms with E-state index in [2.05, 4.69) is 23.1 Å². The van der Waals surface area contributed by atoms with Crippen molar-refractivity contribution in [1.82, 2.24) is 4.90 Å². The lowest BCUT2D eigenvalue weighted by Gasteiger charge is -2.74. The number of rotatable bonds is 3. The molecule has 2 heterocycles. The van der Waals surface area contributed by atoms with Gasteiger partial charge < -0.3 is 19.7 Å². The number of benzene rings is 1. The predicted molar refractivity (Wildman–Crippen MR) is 119 cm³/mol. The Balaban J connectivity index is 1.43. The highest BCUT2D eigenvalue weighted by molar-refractivity contribution is 5.65. The Morgan fingerprint density at radius 1 is 1.19 bits per heavy atom. The van der Waals surface area contributed by atoms with E-state index in [4.69, 9.17) is 9.47 Å². The summed E-state index contributed by atoms with van der Waals surface area (Å²) in [5.41, 5.74) is 1.37. The van der Waals surface area contributed by atoms with Crippen LogP contribution in [-0.2, 0) is 16.6 Å². The molecule has 3 spiro atoms. The standard InChI is InChI=1S/C27H33NO4/c1-31-27-10-9-24(15-25(27)8-2-3-20(25)30)19-13-17-6-7-18(29)22-21(17)26(24,23(27)32-22)11-12-28(19)14-16-4-5-16/h6-7,9-10,16,19-20,23,29-30H,2-5,8,11-15H2,1H3/t19-,20+,23-,24-,25?,26+,27+/m1/s1. The number of likely N-dealkylation sites (tertiary alicyclic amines) is 1. The average molecular weight is 436 g/mol. The van der Waals surface area contributed by atoms with Gasteiger partial charge in [0.2, 0.25) is 0 Å². The van der Waals surface area contributed by atoms with Gasteiger partial charge in [-0.1, -0.05) is 24.6 Å². The summed E-state index contributed by atoms with van der Waals surface area (Å²) in [5.74, 6) is 1.81. The number of aromatic hydroxyl groups is 1. The van der Waals surface area contributed by atoms with Gasteiger partial charge in [-0.05, 0) is 69.0 Å². The van der Waals surface area contributed by atoms with E-state index in [0.29, 0.717) is 11.8 Å². The zero-order valence-corrected chi connectivity index (χ0v) is 18.8. The van der Waals surface area contributed by atoms with Crippen molar-refractivity contribution in [3.63, 3.8) is 0 Å². The van der Waals surface area contributed by atoms with E-state index in [1.165, 1.54) is 30.5 Å². The molecule has 4 fully saturated rings. The van der Waals surface area contributed by atoms with Crippen LogP contribution in [0, 0.1) is 16.7 Å². The number of hydrogen-bond acceptors (Lipinski definition) is 5. The minimum absolute atomic E-state index is 0.0809. The van der Waals surface area contributed by atoms with Gasteiger partial charge in [0.1, 0.15) is 11.7 Å². The van der Waals surface area contributed by atoms with E-state index in [0.717, 1.165) is 51.0 Å². The summed E-state index contributed by atoms with van der Waals surface area (Å²) < 4.78 is 13.3. The Hall–Kier alpha value is -1.56. The molecule has 8 aliphatic rings.